The molecule has 88 valence electrons. The van der Waals surface area contributed by atoms with E-state index in [0.29, 0.717) is 6.04 Å². The van der Waals surface area contributed by atoms with Crippen molar-refractivity contribution in [2.45, 2.75) is 38.3 Å². The molecule has 0 saturated carbocycles. The Morgan fingerprint density at radius 3 is 2.62 bits per heavy atom. The highest BCUT2D eigenvalue weighted by Gasteiger charge is 2.26. The van der Waals surface area contributed by atoms with E-state index in [9.17, 15) is 0 Å². The van der Waals surface area contributed by atoms with Crippen molar-refractivity contribution in [2.24, 2.45) is 0 Å². The number of benzene rings is 1. The maximum atomic E-state index is 5.86. The fraction of sp³-hybridized carbons (Fsp3) is 0.538. The summed E-state index contributed by atoms with van der Waals surface area (Å²) in [7, 11) is 0. The number of hydrogen-bond donors (Lipinski definition) is 2. The molecule has 1 aromatic rings. The van der Waals surface area contributed by atoms with Crippen LogP contribution in [0.15, 0.2) is 24.3 Å². The Bertz CT molecular complexity index is 345. The zero-order valence-corrected chi connectivity index (χ0v) is 10.6. The van der Waals surface area contributed by atoms with Gasteiger partial charge in [0.15, 0.2) is 0 Å². The van der Waals surface area contributed by atoms with Crippen molar-refractivity contribution in [3.05, 3.63) is 29.3 Å². The van der Waals surface area contributed by atoms with Crippen LogP contribution in [0.1, 0.15) is 26.7 Å². The lowest BCUT2D eigenvalue weighted by Gasteiger charge is -2.37. The third kappa shape index (κ3) is 3.13. The van der Waals surface area contributed by atoms with Crippen LogP contribution in [-0.4, -0.2) is 18.1 Å². The first-order valence-electron chi connectivity index (χ1n) is 5.82. The van der Waals surface area contributed by atoms with Gasteiger partial charge in [0.1, 0.15) is 0 Å². The molecule has 0 aliphatic carbocycles. The third-order valence-corrected chi connectivity index (χ3v) is 3.32. The summed E-state index contributed by atoms with van der Waals surface area (Å²) >= 11 is 5.86. The van der Waals surface area contributed by atoms with Crippen LogP contribution in [0.5, 0.6) is 0 Å². The molecule has 0 spiro atoms. The lowest BCUT2D eigenvalue weighted by atomic mass is 9.89. The molecule has 2 N–H and O–H groups in total. The van der Waals surface area contributed by atoms with Crippen LogP contribution in [-0.2, 0) is 0 Å². The Hall–Kier alpha value is -0.730. The first-order chi connectivity index (χ1) is 7.55. The van der Waals surface area contributed by atoms with E-state index in [4.69, 9.17) is 11.6 Å². The van der Waals surface area contributed by atoms with Gasteiger partial charge in [-0.05, 0) is 57.5 Å². The molecule has 1 heterocycles. The molecule has 0 amide bonds. The van der Waals surface area contributed by atoms with Crippen molar-refractivity contribution in [1.29, 1.82) is 0 Å². The summed E-state index contributed by atoms with van der Waals surface area (Å²) in [6.45, 7) is 5.59. The summed E-state index contributed by atoms with van der Waals surface area (Å²) in [4.78, 5) is 0. The summed E-state index contributed by atoms with van der Waals surface area (Å²) in [6, 6.07) is 8.48. The first kappa shape index (κ1) is 11.7. The molecule has 0 radical (unpaired) electrons. The molecule has 0 aromatic heterocycles. The lowest BCUT2D eigenvalue weighted by molar-refractivity contribution is 0.286. The van der Waals surface area contributed by atoms with Crippen LogP contribution in [0.3, 0.4) is 0 Å². The van der Waals surface area contributed by atoms with Crippen molar-refractivity contribution in [2.75, 3.05) is 11.9 Å². The van der Waals surface area contributed by atoms with Gasteiger partial charge in [-0.2, -0.15) is 0 Å². The van der Waals surface area contributed by atoms with Gasteiger partial charge in [0.05, 0.1) is 0 Å². The average molecular weight is 239 g/mol. The number of halogens is 1. The highest BCUT2D eigenvalue weighted by atomic mass is 35.5. The van der Waals surface area contributed by atoms with Crippen molar-refractivity contribution < 1.29 is 0 Å². The van der Waals surface area contributed by atoms with Crippen LogP contribution < -0.4 is 10.6 Å². The lowest BCUT2D eigenvalue weighted by Crippen LogP contribution is -2.49. The van der Waals surface area contributed by atoms with Gasteiger partial charge >= 0.3 is 0 Å². The van der Waals surface area contributed by atoms with Crippen LogP contribution in [0.25, 0.3) is 0 Å². The van der Waals surface area contributed by atoms with Gasteiger partial charge in [-0.25, -0.2) is 0 Å². The average Bonchev–Trinajstić information content (AvgIpc) is 2.20. The van der Waals surface area contributed by atoms with Gasteiger partial charge in [0, 0.05) is 22.3 Å². The van der Waals surface area contributed by atoms with Crippen molar-refractivity contribution in [1.82, 2.24) is 5.32 Å². The van der Waals surface area contributed by atoms with Crippen LogP contribution in [0, 0.1) is 0 Å². The van der Waals surface area contributed by atoms with Gasteiger partial charge in [-0.1, -0.05) is 11.6 Å². The zero-order chi connectivity index (χ0) is 11.6. The van der Waals surface area contributed by atoms with E-state index in [1.54, 1.807) is 0 Å². The molecule has 0 bridgehead atoms. The summed E-state index contributed by atoms with van der Waals surface area (Å²) in [5.41, 5.74) is 1.40. The molecular weight excluding hydrogens is 220 g/mol. The quantitative estimate of drug-likeness (QED) is 0.826. The fourth-order valence-electron chi connectivity index (χ4n) is 2.28. The van der Waals surface area contributed by atoms with E-state index in [0.717, 1.165) is 23.7 Å². The summed E-state index contributed by atoms with van der Waals surface area (Å²) < 4.78 is 0. The predicted molar refractivity (Wildman–Crippen MR) is 70.2 cm³/mol. The van der Waals surface area contributed by atoms with E-state index in [1.165, 1.54) is 6.42 Å². The standard InChI is InChI=1S/C13H19ClN2/c1-13(2)9-12(7-8-15-13)16-11-5-3-10(14)4-6-11/h3-6,12,15-16H,7-9H2,1-2H3. The minimum atomic E-state index is 0.238. The zero-order valence-electron chi connectivity index (χ0n) is 9.89. The van der Waals surface area contributed by atoms with Crippen molar-refractivity contribution >= 4 is 17.3 Å². The smallest absolute Gasteiger partial charge is 0.0407 e. The topological polar surface area (TPSA) is 24.1 Å². The highest BCUT2D eigenvalue weighted by molar-refractivity contribution is 6.30. The van der Waals surface area contributed by atoms with Crippen LogP contribution in [0.2, 0.25) is 5.02 Å². The molecule has 1 fully saturated rings. The summed E-state index contributed by atoms with van der Waals surface area (Å²) in [5, 5.41) is 7.88. The molecule has 2 rings (SSSR count). The Labute approximate surface area is 102 Å². The molecular formula is C13H19ClN2. The predicted octanol–water partition coefficient (Wildman–Crippen LogP) is 3.28. The van der Waals surface area contributed by atoms with Gasteiger partial charge in [0.25, 0.3) is 0 Å². The van der Waals surface area contributed by atoms with Gasteiger partial charge in [-0.3, -0.25) is 0 Å². The fourth-order valence-corrected chi connectivity index (χ4v) is 2.41. The number of piperidine rings is 1. The van der Waals surface area contributed by atoms with E-state index in [-0.39, 0.29) is 5.54 Å². The largest absolute Gasteiger partial charge is 0.382 e. The SMILES string of the molecule is CC1(C)CC(Nc2ccc(Cl)cc2)CCN1. The number of hydrogen-bond acceptors (Lipinski definition) is 2. The van der Waals surface area contributed by atoms with Gasteiger partial charge in [0.2, 0.25) is 0 Å². The number of anilines is 1. The Morgan fingerprint density at radius 1 is 1.31 bits per heavy atom. The first-order valence-corrected chi connectivity index (χ1v) is 6.20. The van der Waals surface area contributed by atoms with Gasteiger partial charge in [-0.15, -0.1) is 0 Å². The van der Waals surface area contributed by atoms with Crippen molar-refractivity contribution in [3.63, 3.8) is 0 Å². The van der Waals surface area contributed by atoms with E-state index >= 15 is 0 Å². The molecule has 1 aliphatic heterocycles. The summed E-state index contributed by atoms with van der Waals surface area (Å²) in [6.07, 6.45) is 2.32. The van der Waals surface area contributed by atoms with E-state index in [2.05, 4.69) is 24.5 Å². The molecule has 1 aliphatic rings. The molecule has 1 atom stereocenters. The minimum absolute atomic E-state index is 0.238. The molecule has 1 aromatic carbocycles. The highest BCUT2D eigenvalue weighted by Crippen LogP contribution is 2.22. The number of rotatable bonds is 2. The Kier molecular flexibility index (Phi) is 3.41. The third-order valence-electron chi connectivity index (χ3n) is 3.07. The molecule has 1 saturated heterocycles. The number of nitrogens with one attached hydrogen (secondary N) is 2. The molecule has 3 heteroatoms. The summed E-state index contributed by atoms with van der Waals surface area (Å²) in [5.74, 6) is 0. The maximum absolute atomic E-state index is 5.86. The van der Waals surface area contributed by atoms with Crippen LogP contribution in [0.4, 0.5) is 5.69 Å². The second-order valence-electron chi connectivity index (χ2n) is 5.15. The molecule has 1 unspecified atom stereocenters. The second kappa shape index (κ2) is 4.64. The Morgan fingerprint density at radius 2 is 2.00 bits per heavy atom. The molecule has 2 nitrogen and oxygen atoms in total. The monoisotopic (exact) mass is 238 g/mol. The second-order valence-corrected chi connectivity index (χ2v) is 5.59. The minimum Gasteiger partial charge on any atom is -0.382 e. The van der Waals surface area contributed by atoms with E-state index < -0.39 is 0 Å². The maximum Gasteiger partial charge on any atom is 0.0407 e. The normalized spacial score (nSPS) is 24.1. The van der Waals surface area contributed by atoms with Gasteiger partial charge < -0.3 is 10.6 Å². The Balaban J connectivity index is 1.97. The van der Waals surface area contributed by atoms with Crippen molar-refractivity contribution in [3.8, 4) is 0 Å². The van der Waals surface area contributed by atoms with Crippen LogP contribution >= 0.6 is 11.6 Å². The van der Waals surface area contributed by atoms with E-state index in [1.807, 2.05) is 24.3 Å². The molecule has 16 heavy (non-hydrogen) atoms.